The minimum absolute atomic E-state index is 0.203. The van der Waals surface area contributed by atoms with Crippen LogP contribution in [0.3, 0.4) is 0 Å². The fraction of sp³-hybridized carbons (Fsp3) is 0.143. The van der Waals surface area contributed by atoms with Gasteiger partial charge in [0.25, 0.3) is 0 Å². The maximum atomic E-state index is 6.23. The third kappa shape index (κ3) is 2.86. The molecule has 1 unspecified atom stereocenters. The summed E-state index contributed by atoms with van der Waals surface area (Å²) in [4.78, 5) is 0. The van der Waals surface area contributed by atoms with Gasteiger partial charge in [-0.05, 0) is 51.3 Å². The van der Waals surface area contributed by atoms with E-state index in [0.29, 0.717) is 5.02 Å². The molecule has 0 saturated carbocycles. The molecular formula is C14H13BrClNO. The first-order chi connectivity index (χ1) is 8.61. The molecule has 0 aliphatic heterocycles. The Hall–Kier alpha value is -1.03. The number of ether oxygens (including phenoxy) is 1. The van der Waals surface area contributed by atoms with Gasteiger partial charge < -0.3 is 10.5 Å². The van der Waals surface area contributed by atoms with E-state index in [1.165, 1.54) is 0 Å². The van der Waals surface area contributed by atoms with Crippen LogP contribution >= 0.6 is 27.5 Å². The van der Waals surface area contributed by atoms with Crippen LogP contribution in [0.4, 0.5) is 0 Å². The maximum Gasteiger partial charge on any atom is 0.133 e. The van der Waals surface area contributed by atoms with Gasteiger partial charge in [-0.25, -0.2) is 0 Å². The summed E-state index contributed by atoms with van der Waals surface area (Å²) in [5.74, 6) is 0.789. The van der Waals surface area contributed by atoms with Crippen LogP contribution in [-0.2, 0) is 0 Å². The lowest BCUT2D eigenvalue weighted by Gasteiger charge is -2.14. The zero-order valence-electron chi connectivity index (χ0n) is 9.86. The largest absolute Gasteiger partial charge is 0.496 e. The van der Waals surface area contributed by atoms with E-state index >= 15 is 0 Å². The minimum atomic E-state index is -0.203. The Morgan fingerprint density at radius 3 is 2.50 bits per heavy atom. The molecule has 0 fully saturated rings. The fourth-order valence-corrected chi connectivity index (χ4v) is 2.53. The topological polar surface area (TPSA) is 35.2 Å². The highest BCUT2D eigenvalue weighted by Gasteiger charge is 2.11. The number of benzene rings is 2. The number of halogens is 2. The Bertz CT molecular complexity index is 559. The van der Waals surface area contributed by atoms with Gasteiger partial charge in [-0.3, -0.25) is 0 Å². The highest BCUT2D eigenvalue weighted by atomic mass is 79.9. The SMILES string of the molecule is COc1ccc(C(N)c2cccc(Cl)c2)cc1Br. The van der Waals surface area contributed by atoms with Crippen LogP contribution in [0.2, 0.25) is 5.02 Å². The molecule has 0 aliphatic rings. The summed E-state index contributed by atoms with van der Waals surface area (Å²) in [6.45, 7) is 0. The van der Waals surface area contributed by atoms with Gasteiger partial charge in [-0.15, -0.1) is 0 Å². The minimum Gasteiger partial charge on any atom is -0.496 e. The van der Waals surface area contributed by atoms with Gasteiger partial charge in [0.05, 0.1) is 17.6 Å². The number of nitrogens with two attached hydrogens (primary N) is 1. The standard InChI is InChI=1S/C14H13BrClNO/c1-18-13-6-5-10(8-12(13)15)14(17)9-3-2-4-11(16)7-9/h2-8,14H,17H2,1H3. The summed E-state index contributed by atoms with van der Waals surface area (Å²) >= 11 is 9.43. The van der Waals surface area contributed by atoms with E-state index in [9.17, 15) is 0 Å². The van der Waals surface area contributed by atoms with Gasteiger partial charge in [-0.1, -0.05) is 29.8 Å². The van der Waals surface area contributed by atoms with Gasteiger partial charge in [-0.2, -0.15) is 0 Å². The van der Waals surface area contributed by atoms with Crippen molar-refractivity contribution in [2.75, 3.05) is 7.11 Å². The first-order valence-electron chi connectivity index (χ1n) is 5.46. The quantitative estimate of drug-likeness (QED) is 0.919. The number of hydrogen-bond acceptors (Lipinski definition) is 2. The van der Waals surface area contributed by atoms with Gasteiger partial charge in [0.2, 0.25) is 0 Å². The second kappa shape index (κ2) is 5.74. The lowest BCUT2D eigenvalue weighted by molar-refractivity contribution is 0.412. The molecule has 2 N–H and O–H groups in total. The van der Waals surface area contributed by atoms with Crippen molar-refractivity contribution < 1.29 is 4.74 Å². The van der Waals surface area contributed by atoms with Crippen molar-refractivity contribution in [3.8, 4) is 5.75 Å². The van der Waals surface area contributed by atoms with E-state index in [-0.39, 0.29) is 6.04 Å². The lowest BCUT2D eigenvalue weighted by Crippen LogP contribution is -2.11. The number of rotatable bonds is 3. The molecule has 0 spiro atoms. The summed E-state index contributed by atoms with van der Waals surface area (Å²) < 4.78 is 6.08. The van der Waals surface area contributed by atoms with E-state index in [4.69, 9.17) is 22.1 Å². The van der Waals surface area contributed by atoms with Crippen LogP contribution in [0.5, 0.6) is 5.75 Å². The van der Waals surface area contributed by atoms with Crippen LogP contribution in [0.25, 0.3) is 0 Å². The van der Waals surface area contributed by atoms with Crippen molar-refractivity contribution in [2.24, 2.45) is 5.73 Å². The van der Waals surface area contributed by atoms with E-state index in [2.05, 4.69) is 15.9 Å². The summed E-state index contributed by atoms with van der Waals surface area (Å²) in [5.41, 5.74) is 8.22. The molecular weight excluding hydrogens is 314 g/mol. The van der Waals surface area contributed by atoms with Crippen LogP contribution in [0.1, 0.15) is 17.2 Å². The van der Waals surface area contributed by atoms with Crippen molar-refractivity contribution in [1.82, 2.24) is 0 Å². The van der Waals surface area contributed by atoms with Gasteiger partial charge >= 0.3 is 0 Å². The molecule has 0 radical (unpaired) electrons. The van der Waals surface area contributed by atoms with Crippen LogP contribution in [0.15, 0.2) is 46.9 Å². The predicted octanol–water partition coefficient (Wildman–Crippen LogP) is 4.16. The van der Waals surface area contributed by atoms with Crippen molar-refractivity contribution in [3.05, 3.63) is 63.1 Å². The molecule has 1 atom stereocenters. The smallest absolute Gasteiger partial charge is 0.133 e. The van der Waals surface area contributed by atoms with E-state index in [0.717, 1.165) is 21.3 Å². The molecule has 0 aromatic heterocycles. The number of hydrogen-bond donors (Lipinski definition) is 1. The van der Waals surface area contributed by atoms with E-state index in [1.807, 2.05) is 42.5 Å². The first-order valence-corrected chi connectivity index (χ1v) is 6.63. The van der Waals surface area contributed by atoms with Crippen LogP contribution in [-0.4, -0.2) is 7.11 Å². The Kier molecular flexibility index (Phi) is 4.27. The Balaban J connectivity index is 2.34. The summed E-state index contributed by atoms with van der Waals surface area (Å²) in [6, 6.07) is 13.2. The molecule has 2 aromatic rings. The van der Waals surface area contributed by atoms with Crippen molar-refractivity contribution in [1.29, 1.82) is 0 Å². The second-order valence-corrected chi connectivity index (χ2v) is 5.22. The Labute approximate surface area is 120 Å². The molecule has 2 rings (SSSR count). The molecule has 0 heterocycles. The second-order valence-electron chi connectivity index (χ2n) is 3.93. The summed E-state index contributed by atoms with van der Waals surface area (Å²) in [7, 11) is 1.64. The average Bonchev–Trinajstić information content (AvgIpc) is 2.37. The van der Waals surface area contributed by atoms with Gasteiger partial charge in [0.1, 0.15) is 5.75 Å². The normalized spacial score (nSPS) is 12.2. The van der Waals surface area contributed by atoms with E-state index < -0.39 is 0 Å². The average molecular weight is 327 g/mol. The molecule has 2 aromatic carbocycles. The summed E-state index contributed by atoms with van der Waals surface area (Å²) in [6.07, 6.45) is 0. The Morgan fingerprint density at radius 1 is 1.17 bits per heavy atom. The fourth-order valence-electron chi connectivity index (χ4n) is 1.77. The first kappa shape index (κ1) is 13.4. The molecule has 18 heavy (non-hydrogen) atoms. The molecule has 0 aliphatic carbocycles. The van der Waals surface area contributed by atoms with Crippen LogP contribution < -0.4 is 10.5 Å². The molecule has 0 amide bonds. The molecule has 2 nitrogen and oxygen atoms in total. The van der Waals surface area contributed by atoms with Crippen LogP contribution in [0, 0.1) is 0 Å². The lowest BCUT2D eigenvalue weighted by atomic mass is 10.00. The van der Waals surface area contributed by atoms with Crippen molar-refractivity contribution in [3.63, 3.8) is 0 Å². The van der Waals surface area contributed by atoms with Gasteiger partial charge in [0.15, 0.2) is 0 Å². The van der Waals surface area contributed by atoms with Crippen molar-refractivity contribution >= 4 is 27.5 Å². The van der Waals surface area contributed by atoms with E-state index in [1.54, 1.807) is 7.11 Å². The third-order valence-electron chi connectivity index (χ3n) is 2.74. The molecule has 0 bridgehead atoms. The molecule has 0 saturated heterocycles. The van der Waals surface area contributed by atoms with Gasteiger partial charge in [0, 0.05) is 5.02 Å². The highest BCUT2D eigenvalue weighted by Crippen LogP contribution is 2.30. The maximum absolute atomic E-state index is 6.23. The van der Waals surface area contributed by atoms with Crippen molar-refractivity contribution in [2.45, 2.75) is 6.04 Å². The molecule has 4 heteroatoms. The zero-order chi connectivity index (χ0) is 13.1. The zero-order valence-corrected chi connectivity index (χ0v) is 12.2. The monoisotopic (exact) mass is 325 g/mol. The predicted molar refractivity (Wildman–Crippen MR) is 78.2 cm³/mol. The number of methoxy groups -OCH3 is 1. The third-order valence-corrected chi connectivity index (χ3v) is 3.60. The summed E-state index contributed by atoms with van der Waals surface area (Å²) in [5, 5.41) is 0.690. The highest BCUT2D eigenvalue weighted by molar-refractivity contribution is 9.10. The molecule has 94 valence electrons. The Morgan fingerprint density at radius 2 is 1.89 bits per heavy atom.